The smallest absolute Gasteiger partial charge is 0.433 e. The number of benzene rings is 1. The van der Waals surface area contributed by atoms with E-state index in [9.17, 15) is 19.7 Å². The summed E-state index contributed by atoms with van der Waals surface area (Å²) in [6.07, 6.45) is 0. The highest BCUT2D eigenvalue weighted by atomic mass is 16.7. The SMILES string of the molecule is Cc1ccc(C)c(NC(=O)COC(=O)c2ccc([N+](=O)[O-])o2)c1. The summed E-state index contributed by atoms with van der Waals surface area (Å²) < 4.78 is 9.44. The van der Waals surface area contributed by atoms with Crippen LogP contribution < -0.4 is 5.32 Å². The molecule has 0 spiro atoms. The van der Waals surface area contributed by atoms with Crippen LogP contribution in [0.1, 0.15) is 21.7 Å². The Labute approximate surface area is 131 Å². The van der Waals surface area contributed by atoms with Gasteiger partial charge >= 0.3 is 11.9 Å². The number of nitrogens with one attached hydrogen (secondary N) is 1. The Hall–Kier alpha value is -3.16. The second kappa shape index (κ2) is 6.73. The van der Waals surface area contributed by atoms with E-state index in [1.54, 1.807) is 6.07 Å². The molecule has 23 heavy (non-hydrogen) atoms. The maximum atomic E-state index is 11.8. The fourth-order valence-corrected chi connectivity index (χ4v) is 1.79. The molecule has 2 rings (SSSR count). The highest BCUT2D eigenvalue weighted by Gasteiger charge is 2.19. The number of aryl methyl sites for hydroxylation is 2. The molecule has 0 radical (unpaired) electrons. The van der Waals surface area contributed by atoms with E-state index in [0.29, 0.717) is 5.69 Å². The lowest BCUT2D eigenvalue weighted by Crippen LogP contribution is -2.21. The lowest BCUT2D eigenvalue weighted by atomic mass is 10.1. The second-order valence-electron chi connectivity index (χ2n) is 4.84. The van der Waals surface area contributed by atoms with Crippen molar-refractivity contribution in [3.63, 3.8) is 0 Å². The lowest BCUT2D eigenvalue weighted by molar-refractivity contribution is -0.402. The fraction of sp³-hybridized carbons (Fsp3) is 0.200. The number of carbonyl (C=O) groups excluding carboxylic acids is 2. The number of nitrogens with zero attached hydrogens (tertiary/aromatic N) is 1. The molecule has 8 nitrogen and oxygen atoms in total. The summed E-state index contributed by atoms with van der Waals surface area (Å²) in [5.41, 5.74) is 2.47. The molecule has 1 heterocycles. The van der Waals surface area contributed by atoms with Gasteiger partial charge in [-0.15, -0.1) is 0 Å². The summed E-state index contributed by atoms with van der Waals surface area (Å²) in [5, 5.41) is 13.1. The van der Waals surface area contributed by atoms with Crippen LogP contribution in [0.4, 0.5) is 11.6 Å². The van der Waals surface area contributed by atoms with Gasteiger partial charge in [0, 0.05) is 5.69 Å². The molecule has 1 aromatic carbocycles. The van der Waals surface area contributed by atoms with Gasteiger partial charge in [-0.1, -0.05) is 12.1 Å². The van der Waals surface area contributed by atoms with Crippen molar-refractivity contribution in [2.45, 2.75) is 13.8 Å². The Bertz CT molecular complexity index is 765. The van der Waals surface area contributed by atoms with E-state index < -0.39 is 29.3 Å². The number of ether oxygens (including phenoxy) is 1. The van der Waals surface area contributed by atoms with Crippen molar-refractivity contribution in [2.24, 2.45) is 0 Å². The average molecular weight is 318 g/mol. The van der Waals surface area contributed by atoms with E-state index in [-0.39, 0.29) is 5.76 Å². The third-order valence-corrected chi connectivity index (χ3v) is 2.97. The van der Waals surface area contributed by atoms with Gasteiger partial charge < -0.3 is 14.5 Å². The van der Waals surface area contributed by atoms with Crippen LogP contribution in [0.15, 0.2) is 34.7 Å². The summed E-state index contributed by atoms with van der Waals surface area (Å²) >= 11 is 0. The van der Waals surface area contributed by atoms with E-state index in [4.69, 9.17) is 4.74 Å². The van der Waals surface area contributed by atoms with E-state index >= 15 is 0 Å². The van der Waals surface area contributed by atoms with Gasteiger partial charge in [0.15, 0.2) is 6.61 Å². The first-order valence-electron chi connectivity index (χ1n) is 6.65. The Kier molecular flexibility index (Phi) is 4.75. The number of esters is 1. The highest BCUT2D eigenvalue weighted by Crippen LogP contribution is 2.17. The maximum absolute atomic E-state index is 11.8. The lowest BCUT2D eigenvalue weighted by Gasteiger charge is -2.09. The van der Waals surface area contributed by atoms with Gasteiger partial charge in [0.05, 0.1) is 6.07 Å². The van der Waals surface area contributed by atoms with Crippen LogP contribution in [0.5, 0.6) is 0 Å². The topological polar surface area (TPSA) is 112 Å². The second-order valence-corrected chi connectivity index (χ2v) is 4.84. The first-order valence-corrected chi connectivity index (χ1v) is 6.65. The minimum Gasteiger partial charge on any atom is -0.450 e. The molecule has 0 bridgehead atoms. The zero-order valence-corrected chi connectivity index (χ0v) is 12.5. The summed E-state index contributed by atoms with van der Waals surface area (Å²) in [5.74, 6) is -2.38. The number of rotatable bonds is 5. The molecule has 0 aliphatic heterocycles. The zero-order valence-electron chi connectivity index (χ0n) is 12.5. The van der Waals surface area contributed by atoms with Crippen molar-refractivity contribution in [3.8, 4) is 0 Å². The summed E-state index contributed by atoms with van der Waals surface area (Å²) in [7, 11) is 0. The molecular formula is C15H14N2O6. The fourth-order valence-electron chi connectivity index (χ4n) is 1.79. The Balaban J connectivity index is 1.92. The number of hydrogen-bond acceptors (Lipinski definition) is 6. The number of furan rings is 1. The molecule has 8 heteroatoms. The summed E-state index contributed by atoms with van der Waals surface area (Å²) in [4.78, 5) is 33.1. The molecule has 2 aromatic rings. The zero-order chi connectivity index (χ0) is 17.0. The maximum Gasteiger partial charge on any atom is 0.433 e. The Morgan fingerprint density at radius 2 is 2.00 bits per heavy atom. The van der Waals surface area contributed by atoms with Crippen LogP contribution in [0, 0.1) is 24.0 Å². The molecule has 0 unspecified atom stereocenters. The quantitative estimate of drug-likeness (QED) is 0.515. The molecule has 0 atom stereocenters. The van der Waals surface area contributed by atoms with E-state index in [0.717, 1.165) is 23.3 Å². The third kappa shape index (κ3) is 4.16. The number of hydrogen-bond donors (Lipinski definition) is 1. The van der Waals surface area contributed by atoms with Crippen LogP contribution in [0.25, 0.3) is 0 Å². The molecule has 1 amide bonds. The van der Waals surface area contributed by atoms with Crippen molar-refractivity contribution >= 4 is 23.4 Å². The van der Waals surface area contributed by atoms with E-state index in [1.165, 1.54) is 0 Å². The monoisotopic (exact) mass is 318 g/mol. The predicted molar refractivity (Wildman–Crippen MR) is 80.2 cm³/mol. The summed E-state index contributed by atoms with van der Waals surface area (Å²) in [6, 6.07) is 7.72. The van der Waals surface area contributed by atoms with Gasteiger partial charge in [-0.2, -0.15) is 0 Å². The van der Waals surface area contributed by atoms with Crippen molar-refractivity contribution in [2.75, 3.05) is 11.9 Å². The van der Waals surface area contributed by atoms with Crippen molar-refractivity contribution in [1.82, 2.24) is 0 Å². The van der Waals surface area contributed by atoms with Gasteiger partial charge in [0.2, 0.25) is 5.76 Å². The number of anilines is 1. The van der Waals surface area contributed by atoms with Crippen molar-refractivity contribution in [1.29, 1.82) is 0 Å². The highest BCUT2D eigenvalue weighted by molar-refractivity contribution is 5.95. The standard InChI is InChI=1S/C15H14N2O6/c1-9-3-4-10(2)11(7-9)16-13(18)8-22-15(19)12-5-6-14(23-12)17(20)21/h3-7H,8H2,1-2H3,(H,16,18). The molecule has 120 valence electrons. The van der Waals surface area contributed by atoms with E-state index in [1.807, 2.05) is 26.0 Å². The molecule has 0 aliphatic carbocycles. The molecular weight excluding hydrogens is 304 g/mol. The predicted octanol–water partition coefficient (Wildman–Crippen LogP) is 2.60. The molecule has 0 fully saturated rings. The average Bonchev–Trinajstić information content (AvgIpc) is 2.99. The molecule has 1 aromatic heterocycles. The van der Waals surface area contributed by atoms with Crippen LogP contribution in [0.2, 0.25) is 0 Å². The minimum atomic E-state index is -0.950. The Morgan fingerprint density at radius 3 is 2.65 bits per heavy atom. The number of nitro groups is 1. The van der Waals surface area contributed by atoms with Gasteiger partial charge in [0.1, 0.15) is 4.92 Å². The Morgan fingerprint density at radius 1 is 1.26 bits per heavy atom. The largest absolute Gasteiger partial charge is 0.450 e. The van der Waals surface area contributed by atoms with Gasteiger partial charge in [0.25, 0.3) is 5.91 Å². The molecule has 0 saturated carbocycles. The van der Waals surface area contributed by atoms with Crippen LogP contribution in [-0.2, 0) is 9.53 Å². The third-order valence-electron chi connectivity index (χ3n) is 2.97. The molecule has 1 N–H and O–H groups in total. The number of amides is 1. The van der Waals surface area contributed by atoms with Crippen LogP contribution in [-0.4, -0.2) is 23.4 Å². The van der Waals surface area contributed by atoms with Gasteiger partial charge in [-0.25, -0.2) is 4.79 Å². The van der Waals surface area contributed by atoms with Crippen LogP contribution in [0.3, 0.4) is 0 Å². The van der Waals surface area contributed by atoms with Gasteiger partial charge in [-0.3, -0.25) is 14.9 Å². The van der Waals surface area contributed by atoms with Crippen molar-refractivity contribution < 1.29 is 23.7 Å². The van der Waals surface area contributed by atoms with E-state index in [2.05, 4.69) is 9.73 Å². The summed E-state index contributed by atoms with van der Waals surface area (Å²) in [6.45, 7) is 3.20. The van der Waals surface area contributed by atoms with Crippen LogP contribution >= 0.6 is 0 Å². The molecule has 0 saturated heterocycles. The first kappa shape index (κ1) is 16.2. The first-order chi connectivity index (χ1) is 10.9. The number of carbonyl (C=O) groups is 2. The molecule has 0 aliphatic rings. The van der Waals surface area contributed by atoms with Crippen molar-refractivity contribution in [3.05, 3.63) is 57.3 Å². The normalized spacial score (nSPS) is 10.2. The van der Waals surface area contributed by atoms with Gasteiger partial charge in [-0.05, 0) is 37.1 Å². The minimum absolute atomic E-state index is 0.337.